The molecule has 0 aromatic heterocycles. The molecule has 1 nitrogen and oxygen atoms in total. The Kier molecular flexibility index (Phi) is 4.33. The molecule has 0 aromatic rings. The molecule has 2 rings (SSSR count). The van der Waals surface area contributed by atoms with Crippen LogP contribution in [0, 0.1) is 5.92 Å². The van der Waals surface area contributed by atoms with Crippen molar-refractivity contribution in [1.82, 2.24) is 0 Å². The summed E-state index contributed by atoms with van der Waals surface area (Å²) in [6.45, 7) is 2.18. The third-order valence-electron chi connectivity index (χ3n) is 4.00. The average Bonchev–Trinajstić information content (AvgIpc) is 2.84. The molecule has 3 atom stereocenters. The standard InChI is InChI=1S/C13H23ClO/c1-10-6-7-12(15-10)8-9-13(14)11-4-2-3-5-11/h10-13H,2-9H2,1H3. The maximum Gasteiger partial charge on any atom is 0.0580 e. The molecule has 3 unspecified atom stereocenters. The van der Waals surface area contributed by atoms with Crippen LogP contribution in [0.5, 0.6) is 0 Å². The first-order valence-corrected chi connectivity index (χ1v) is 6.99. The summed E-state index contributed by atoms with van der Waals surface area (Å²) >= 11 is 6.45. The summed E-state index contributed by atoms with van der Waals surface area (Å²) < 4.78 is 5.82. The highest BCUT2D eigenvalue weighted by atomic mass is 35.5. The van der Waals surface area contributed by atoms with Crippen LogP contribution in [0.15, 0.2) is 0 Å². The van der Waals surface area contributed by atoms with Crippen molar-refractivity contribution in [2.75, 3.05) is 0 Å². The molecule has 15 heavy (non-hydrogen) atoms. The first kappa shape index (κ1) is 11.7. The van der Waals surface area contributed by atoms with E-state index in [9.17, 15) is 0 Å². The Hall–Kier alpha value is 0.250. The van der Waals surface area contributed by atoms with Crippen molar-refractivity contribution in [3.05, 3.63) is 0 Å². The van der Waals surface area contributed by atoms with Crippen LogP contribution < -0.4 is 0 Å². The number of hydrogen-bond acceptors (Lipinski definition) is 1. The molecule has 1 saturated heterocycles. The lowest BCUT2D eigenvalue weighted by Crippen LogP contribution is -2.15. The van der Waals surface area contributed by atoms with Crippen molar-refractivity contribution >= 4 is 11.6 Å². The van der Waals surface area contributed by atoms with Crippen molar-refractivity contribution in [1.29, 1.82) is 0 Å². The molecule has 0 amide bonds. The minimum Gasteiger partial charge on any atom is -0.375 e. The molecule has 2 fully saturated rings. The van der Waals surface area contributed by atoms with E-state index >= 15 is 0 Å². The van der Waals surface area contributed by atoms with Gasteiger partial charge in [-0.1, -0.05) is 12.8 Å². The van der Waals surface area contributed by atoms with Gasteiger partial charge >= 0.3 is 0 Å². The zero-order valence-corrected chi connectivity index (χ0v) is 10.5. The van der Waals surface area contributed by atoms with E-state index in [1.54, 1.807) is 0 Å². The Balaban J connectivity index is 1.64. The number of rotatable bonds is 4. The highest BCUT2D eigenvalue weighted by molar-refractivity contribution is 6.20. The first-order valence-electron chi connectivity index (χ1n) is 6.55. The quantitative estimate of drug-likeness (QED) is 0.660. The molecule has 88 valence electrons. The van der Waals surface area contributed by atoms with Gasteiger partial charge in [0.2, 0.25) is 0 Å². The lowest BCUT2D eigenvalue weighted by atomic mass is 9.98. The number of hydrogen-bond donors (Lipinski definition) is 0. The molecule has 0 spiro atoms. The fraction of sp³-hybridized carbons (Fsp3) is 1.00. The van der Waals surface area contributed by atoms with Gasteiger partial charge in [-0.3, -0.25) is 0 Å². The molecule has 1 aliphatic carbocycles. The van der Waals surface area contributed by atoms with Gasteiger partial charge in [0.25, 0.3) is 0 Å². The van der Waals surface area contributed by atoms with Crippen molar-refractivity contribution in [3.63, 3.8) is 0 Å². The fourth-order valence-electron chi connectivity index (χ4n) is 3.00. The lowest BCUT2D eigenvalue weighted by Gasteiger charge is -2.18. The first-order chi connectivity index (χ1) is 7.25. The van der Waals surface area contributed by atoms with Gasteiger partial charge in [0, 0.05) is 5.38 Å². The third kappa shape index (κ3) is 3.35. The third-order valence-corrected chi connectivity index (χ3v) is 4.57. The molecule has 0 radical (unpaired) electrons. The Morgan fingerprint density at radius 1 is 1.20 bits per heavy atom. The molecule has 1 aliphatic heterocycles. The predicted molar refractivity (Wildman–Crippen MR) is 64.4 cm³/mol. The van der Waals surface area contributed by atoms with E-state index in [1.807, 2.05) is 0 Å². The highest BCUT2D eigenvalue weighted by Gasteiger charge is 2.26. The second-order valence-corrected chi connectivity index (χ2v) is 5.84. The molecular weight excluding hydrogens is 208 g/mol. The fourth-order valence-corrected chi connectivity index (χ4v) is 3.38. The van der Waals surface area contributed by atoms with E-state index in [0.29, 0.717) is 17.6 Å². The molecule has 1 saturated carbocycles. The molecule has 2 heteroatoms. The van der Waals surface area contributed by atoms with E-state index in [-0.39, 0.29) is 0 Å². The van der Waals surface area contributed by atoms with Gasteiger partial charge < -0.3 is 4.74 Å². The van der Waals surface area contributed by atoms with Gasteiger partial charge in [0.15, 0.2) is 0 Å². The van der Waals surface area contributed by atoms with Crippen LogP contribution in [-0.4, -0.2) is 17.6 Å². The molecule has 0 bridgehead atoms. The predicted octanol–water partition coefficient (Wildman–Crippen LogP) is 4.13. The van der Waals surface area contributed by atoms with Gasteiger partial charge in [0.05, 0.1) is 12.2 Å². The molecule has 0 N–H and O–H groups in total. The van der Waals surface area contributed by atoms with Gasteiger partial charge in [-0.15, -0.1) is 11.6 Å². The number of alkyl halides is 1. The average molecular weight is 231 g/mol. The summed E-state index contributed by atoms with van der Waals surface area (Å²) in [5, 5.41) is 0.409. The second kappa shape index (κ2) is 5.54. The van der Waals surface area contributed by atoms with Crippen LogP contribution in [0.2, 0.25) is 0 Å². The van der Waals surface area contributed by atoms with Gasteiger partial charge in [-0.25, -0.2) is 0 Å². The largest absolute Gasteiger partial charge is 0.375 e. The van der Waals surface area contributed by atoms with Crippen LogP contribution in [0.25, 0.3) is 0 Å². The van der Waals surface area contributed by atoms with Crippen LogP contribution in [0.1, 0.15) is 58.3 Å². The number of halogens is 1. The smallest absolute Gasteiger partial charge is 0.0580 e. The molecular formula is C13H23ClO. The van der Waals surface area contributed by atoms with E-state index in [1.165, 1.54) is 44.9 Å². The van der Waals surface area contributed by atoms with E-state index in [4.69, 9.17) is 16.3 Å². The Morgan fingerprint density at radius 3 is 2.53 bits per heavy atom. The van der Waals surface area contributed by atoms with Crippen LogP contribution >= 0.6 is 11.6 Å². The SMILES string of the molecule is CC1CCC(CCC(Cl)C2CCCC2)O1. The Morgan fingerprint density at radius 2 is 1.93 bits per heavy atom. The zero-order chi connectivity index (χ0) is 10.7. The van der Waals surface area contributed by atoms with Gasteiger partial charge in [-0.2, -0.15) is 0 Å². The summed E-state index contributed by atoms with van der Waals surface area (Å²) in [4.78, 5) is 0. The summed E-state index contributed by atoms with van der Waals surface area (Å²) in [7, 11) is 0. The molecule has 2 aliphatic rings. The van der Waals surface area contributed by atoms with Crippen LogP contribution in [0.3, 0.4) is 0 Å². The van der Waals surface area contributed by atoms with Gasteiger partial charge in [-0.05, 0) is 51.4 Å². The second-order valence-electron chi connectivity index (χ2n) is 5.28. The summed E-state index contributed by atoms with van der Waals surface area (Å²) in [6.07, 6.45) is 11.3. The van der Waals surface area contributed by atoms with Crippen LogP contribution in [0.4, 0.5) is 0 Å². The molecule has 0 aromatic carbocycles. The highest BCUT2D eigenvalue weighted by Crippen LogP contribution is 2.34. The minimum absolute atomic E-state index is 0.409. The summed E-state index contributed by atoms with van der Waals surface area (Å²) in [6, 6.07) is 0. The van der Waals surface area contributed by atoms with Crippen molar-refractivity contribution in [3.8, 4) is 0 Å². The maximum absolute atomic E-state index is 6.45. The van der Waals surface area contributed by atoms with E-state index < -0.39 is 0 Å². The van der Waals surface area contributed by atoms with Crippen molar-refractivity contribution in [2.24, 2.45) is 5.92 Å². The number of ether oxygens (including phenoxy) is 1. The van der Waals surface area contributed by atoms with E-state index in [2.05, 4.69) is 6.92 Å². The van der Waals surface area contributed by atoms with Crippen LogP contribution in [-0.2, 0) is 4.74 Å². The molecule has 1 heterocycles. The Labute approximate surface area is 98.5 Å². The summed E-state index contributed by atoms with van der Waals surface area (Å²) in [5.41, 5.74) is 0. The van der Waals surface area contributed by atoms with Crippen molar-refractivity contribution in [2.45, 2.75) is 75.9 Å². The van der Waals surface area contributed by atoms with Gasteiger partial charge in [0.1, 0.15) is 0 Å². The topological polar surface area (TPSA) is 9.23 Å². The minimum atomic E-state index is 0.409. The van der Waals surface area contributed by atoms with E-state index in [0.717, 1.165) is 12.3 Å². The Bertz CT molecular complexity index is 189. The van der Waals surface area contributed by atoms with Crippen molar-refractivity contribution < 1.29 is 4.74 Å². The lowest BCUT2D eigenvalue weighted by molar-refractivity contribution is 0.0490. The summed E-state index contributed by atoms with van der Waals surface area (Å²) in [5.74, 6) is 0.797. The zero-order valence-electron chi connectivity index (χ0n) is 9.75. The monoisotopic (exact) mass is 230 g/mol. The normalized spacial score (nSPS) is 34.8. The maximum atomic E-state index is 6.45.